The van der Waals surface area contributed by atoms with Gasteiger partial charge in [0, 0.05) is 0 Å². The number of alkyl carbamates (subject to hydrolysis) is 1. The van der Waals surface area contributed by atoms with E-state index in [1.54, 1.807) is 30.3 Å². The zero-order valence-electron chi connectivity index (χ0n) is 10.3. The van der Waals surface area contributed by atoms with Crippen molar-refractivity contribution in [3.8, 4) is 0 Å². The van der Waals surface area contributed by atoms with Gasteiger partial charge < -0.3 is 25.6 Å². The van der Waals surface area contributed by atoms with Crippen molar-refractivity contribution in [3.05, 3.63) is 41.1 Å². The van der Waals surface area contributed by atoms with Gasteiger partial charge in [-0.3, -0.25) is 0 Å². The first-order valence-electron chi connectivity index (χ1n) is 5.52. The van der Waals surface area contributed by atoms with Crippen LogP contribution in [0.25, 0.3) is 0 Å². The summed E-state index contributed by atoms with van der Waals surface area (Å²) < 4.78 is 4.80. The Hall–Kier alpha value is -2.84. The summed E-state index contributed by atoms with van der Waals surface area (Å²) >= 11 is 0. The first-order valence-corrected chi connectivity index (χ1v) is 5.52. The molecule has 20 heavy (non-hydrogen) atoms. The van der Waals surface area contributed by atoms with E-state index in [0.29, 0.717) is 0 Å². The third kappa shape index (κ3) is 5.21. The lowest BCUT2D eigenvalue weighted by atomic mass is 10.2. The molecule has 0 fully saturated rings. The van der Waals surface area contributed by atoms with Crippen LogP contribution in [-0.4, -0.2) is 39.8 Å². The summed E-state index contributed by atoms with van der Waals surface area (Å²) in [5.74, 6) is -1.45. The van der Waals surface area contributed by atoms with E-state index in [1.807, 2.05) is 5.32 Å². The molecule has 9 heteroatoms. The van der Waals surface area contributed by atoms with Crippen LogP contribution in [0.1, 0.15) is 5.56 Å². The standard InChI is InChI=1S/C11H13N3O6/c15-10(16)9(6-14(19)13-18)12-11(17)20-7-8-4-2-1-3-5-8/h1-5,9,18H,6-7H2,(H,12,17)(H,15,16)/b14-13-. The number of nitrogens with one attached hydrogen (secondary N) is 1. The molecule has 3 N–H and O–H groups in total. The van der Waals surface area contributed by atoms with Crippen molar-refractivity contribution in [2.75, 3.05) is 6.54 Å². The average Bonchev–Trinajstić information content (AvgIpc) is 2.45. The van der Waals surface area contributed by atoms with Crippen molar-refractivity contribution >= 4 is 12.1 Å². The van der Waals surface area contributed by atoms with Gasteiger partial charge in [0.15, 0.2) is 11.3 Å². The van der Waals surface area contributed by atoms with E-state index in [9.17, 15) is 14.8 Å². The molecule has 1 rings (SSSR count). The quantitative estimate of drug-likeness (QED) is 0.400. The highest BCUT2D eigenvalue weighted by Crippen LogP contribution is 2.00. The maximum Gasteiger partial charge on any atom is 0.408 e. The molecule has 0 heterocycles. The number of hydrogen-bond donors (Lipinski definition) is 3. The van der Waals surface area contributed by atoms with Gasteiger partial charge in [-0.15, -0.1) is 0 Å². The smallest absolute Gasteiger partial charge is 0.408 e. The van der Waals surface area contributed by atoms with Crippen LogP contribution in [0.2, 0.25) is 0 Å². The van der Waals surface area contributed by atoms with E-state index in [2.05, 4.69) is 5.28 Å². The number of carbonyl (C=O) groups is 2. The number of ether oxygens (including phenoxy) is 1. The van der Waals surface area contributed by atoms with E-state index in [4.69, 9.17) is 15.1 Å². The van der Waals surface area contributed by atoms with Crippen LogP contribution in [-0.2, 0) is 16.1 Å². The molecular weight excluding hydrogens is 270 g/mol. The molecule has 0 aliphatic carbocycles. The van der Waals surface area contributed by atoms with Gasteiger partial charge in [0.1, 0.15) is 6.61 Å². The minimum Gasteiger partial charge on any atom is -0.597 e. The highest BCUT2D eigenvalue weighted by molar-refractivity contribution is 5.79. The monoisotopic (exact) mass is 283 g/mol. The van der Waals surface area contributed by atoms with Crippen LogP contribution in [0, 0.1) is 5.21 Å². The van der Waals surface area contributed by atoms with Gasteiger partial charge in [0.25, 0.3) is 0 Å². The molecule has 0 bridgehead atoms. The normalized spacial score (nSPS) is 12.5. The minimum atomic E-state index is -1.55. The van der Waals surface area contributed by atoms with E-state index in [1.165, 1.54) is 0 Å². The SMILES string of the molecule is O=C(NC(C/[N+]([O-])=N/O)C(=O)O)OCc1ccccc1. The summed E-state index contributed by atoms with van der Waals surface area (Å²) in [6.45, 7) is -0.781. The van der Waals surface area contributed by atoms with Crippen LogP contribution >= 0.6 is 0 Å². The number of hydroxylamine groups is 1. The molecular formula is C11H13N3O6. The summed E-state index contributed by atoms with van der Waals surface area (Å²) in [6, 6.07) is 7.22. The topological polar surface area (TPSA) is 134 Å². The average molecular weight is 283 g/mol. The molecule has 0 aliphatic rings. The maximum atomic E-state index is 11.4. The number of nitrogens with zero attached hydrogens (tertiary/aromatic N) is 2. The molecule has 0 radical (unpaired) electrons. The number of rotatable bonds is 6. The van der Waals surface area contributed by atoms with Crippen LogP contribution in [0.5, 0.6) is 0 Å². The fourth-order valence-electron chi connectivity index (χ4n) is 1.29. The Morgan fingerprint density at radius 3 is 2.60 bits per heavy atom. The lowest BCUT2D eigenvalue weighted by Crippen LogP contribution is -2.45. The summed E-state index contributed by atoms with van der Waals surface area (Å²) in [6.07, 6.45) is -0.993. The van der Waals surface area contributed by atoms with Crippen molar-refractivity contribution in [3.63, 3.8) is 0 Å². The number of carboxylic acids is 1. The molecule has 0 saturated carbocycles. The fraction of sp³-hybridized carbons (Fsp3) is 0.273. The third-order valence-corrected chi connectivity index (χ3v) is 2.24. The predicted molar refractivity (Wildman–Crippen MR) is 63.9 cm³/mol. The molecule has 0 saturated heterocycles. The summed E-state index contributed by atoms with van der Waals surface area (Å²) in [5, 5.41) is 31.9. The number of carboxylic acid groups (broad SMARTS) is 1. The Balaban J connectivity index is 2.48. The van der Waals surface area contributed by atoms with Gasteiger partial charge in [0.05, 0.1) is 0 Å². The molecule has 1 aromatic rings. The lowest BCUT2D eigenvalue weighted by Gasteiger charge is -2.12. The fourth-order valence-corrected chi connectivity index (χ4v) is 1.29. The van der Waals surface area contributed by atoms with Crippen molar-refractivity contribution in [1.29, 1.82) is 0 Å². The maximum absolute atomic E-state index is 11.4. The zero-order valence-corrected chi connectivity index (χ0v) is 10.3. The van der Waals surface area contributed by atoms with Crippen LogP contribution in [0.3, 0.4) is 0 Å². The van der Waals surface area contributed by atoms with Gasteiger partial charge in [-0.25, -0.2) is 9.59 Å². The molecule has 0 aromatic heterocycles. The Labute approximate surface area is 113 Å². The second-order valence-corrected chi connectivity index (χ2v) is 3.72. The van der Waals surface area contributed by atoms with Gasteiger partial charge in [-0.05, 0) is 5.56 Å². The third-order valence-electron chi connectivity index (χ3n) is 2.24. The van der Waals surface area contributed by atoms with Crippen molar-refractivity contribution in [2.24, 2.45) is 5.28 Å². The first kappa shape index (κ1) is 15.2. The number of benzene rings is 1. The van der Waals surface area contributed by atoms with E-state index < -0.39 is 24.6 Å². The number of carbonyl (C=O) groups excluding carboxylic acids is 1. The molecule has 1 amide bonds. The Morgan fingerprint density at radius 1 is 1.40 bits per heavy atom. The second kappa shape index (κ2) is 7.56. The summed E-state index contributed by atoms with van der Waals surface area (Å²) in [5.41, 5.74) is 0.727. The number of hydrogen-bond acceptors (Lipinski definition) is 5. The summed E-state index contributed by atoms with van der Waals surface area (Å²) in [4.78, 5) is 21.9. The molecule has 108 valence electrons. The lowest BCUT2D eigenvalue weighted by molar-refractivity contribution is -0.556. The number of amides is 1. The zero-order chi connectivity index (χ0) is 15.0. The van der Waals surface area contributed by atoms with Crippen molar-refractivity contribution < 1.29 is 29.5 Å². The predicted octanol–water partition coefficient (Wildman–Crippen LogP) is 0.718. The van der Waals surface area contributed by atoms with Crippen molar-refractivity contribution in [1.82, 2.24) is 5.32 Å². The van der Waals surface area contributed by atoms with Gasteiger partial charge >= 0.3 is 12.1 Å². The molecule has 0 spiro atoms. The van der Waals surface area contributed by atoms with Crippen LogP contribution < -0.4 is 5.32 Å². The molecule has 1 atom stereocenters. The second-order valence-electron chi connectivity index (χ2n) is 3.72. The summed E-state index contributed by atoms with van der Waals surface area (Å²) in [7, 11) is 0. The van der Waals surface area contributed by atoms with Gasteiger partial charge in [-0.2, -0.15) is 0 Å². The number of aliphatic carboxylic acids is 1. The Bertz CT molecular complexity index is 490. The van der Waals surface area contributed by atoms with Crippen LogP contribution in [0.15, 0.2) is 35.6 Å². The van der Waals surface area contributed by atoms with Crippen LogP contribution in [0.4, 0.5) is 4.79 Å². The Morgan fingerprint density at radius 2 is 2.05 bits per heavy atom. The van der Waals surface area contributed by atoms with Gasteiger partial charge in [0.2, 0.25) is 6.54 Å². The molecule has 1 unspecified atom stereocenters. The van der Waals surface area contributed by atoms with E-state index in [0.717, 1.165) is 5.56 Å². The van der Waals surface area contributed by atoms with Crippen molar-refractivity contribution in [2.45, 2.75) is 12.6 Å². The minimum absolute atomic E-state index is 0.0372. The molecule has 1 aromatic carbocycles. The van der Waals surface area contributed by atoms with E-state index in [-0.39, 0.29) is 11.5 Å². The molecule has 0 aliphatic heterocycles. The Kier molecular flexibility index (Phi) is 5.75. The van der Waals surface area contributed by atoms with Gasteiger partial charge in [-0.1, -0.05) is 35.2 Å². The highest BCUT2D eigenvalue weighted by atomic mass is 16.6. The largest absolute Gasteiger partial charge is 0.597 e. The highest BCUT2D eigenvalue weighted by Gasteiger charge is 2.25. The first-order chi connectivity index (χ1) is 9.52. The van der Waals surface area contributed by atoms with E-state index >= 15 is 0 Å². The molecule has 9 nitrogen and oxygen atoms in total.